The summed E-state index contributed by atoms with van der Waals surface area (Å²) in [5.74, 6) is 0.962. The molecular formula is C27H22ClNO2. The maximum atomic E-state index is 6.51. The van der Waals surface area contributed by atoms with E-state index in [9.17, 15) is 0 Å². The summed E-state index contributed by atoms with van der Waals surface area (Å²) in [5, 5.41) is 0.620. The zero-order chi connectivity index (χ0) is 21.5. The van der Waals surface area contributed by atoms with Gasteiger partial charge >= 0.3 is 0 Å². The molecule has 3 nitrogen and oxygen atoms in total. The number of pyridine rings is 1. The lowest BCUT2D eigenvalue weighted by atomic mass is 10.0. The number of nitrogens with zero attached hydrogens (tertiary/aromatic N) is 1. The average molecular weight is 428 g/mol. The predicted molar refractivity (Wildman–Crippen MR) is 126 cm³/mol. The SMILES string of the molecule is C=Cc1ccc(Cl)c(-c2ccc(OCc3ccccc3)nc2OCc2ccccc2)c1. The molecule has 0 aliphatic carbocycles. The second kappa shape index (κ2) is 9.96. The van der Waals surface area contributed by atoms with Gasteiger partial charge in [-0.15, -0.1) is 0 Å². The van der Waals surface area contributed by atoms with Gasteiger partial charge in [0.2, 0.25) is 11.8 Å². The van der Waals surface area contributed by atoms with Crippen molar-refractivity contribution in [1.82, 2.24) is 4.98 Å². The molecule has 0 spiro atoms. The zero-order valence-corrected chi connectivity index (χ0v) is 17.8. The highest BCUT2D eigenvalue weighted by molar-refractivity contribution is 6.33. The van der Waals surface area contributed by atoms with E-state index < -0.39 is 0 Å². The first-order chi connectivity index (χ1) is 15.2. The smallest absolute Gasteiger partial charge is 0.225 e. The van der Waals surface area contributed by atoms with Gasteiger partial charge in [0.15, 0.2) is 0 Å². The largest absolute Gasteiger partial charge is 0.473 e. The lowest BCUT2D eigenvalue weighted by Crippen LogP contribution is -2.02. The van der Waals surface area contributed by atoms with Crippen molar-refractivity contribution >= 4 is 17.7 Å². The Morgan fingerprint density at radius 1 is 0.742 bits per heavy atom. The Morgan fingerprint density at radius 3 is 2.03 bits per heavy atom. The maximum absolute atomic E-state index is 6.51. The molecule has 0 aliphatic rings. The van der Waals surface area contributed by atoms with Crippen molar-refractivity contribution in [3.05, 3.63) is 119 Å². The predicted octanol–water partition coefficient (Wildman–Crippen LogP) is 7.20. The molecule has 0 bridgehead atoms. The summed E-state index contributed by atoms with van der Waals surface area (Å²) in [7, 11) is 0. The maximum Gasteiger partial charge on any atom is 0.225 e. The van der Waals surface area contributed by atoms with Gasteiger partial charge in [0.1, 0.15) is 13.2 Å². The van der Waals surface area contributed by atoms with Crippen molar-refractivity contribution in [1.29, 1.82) is 0 Å². The first-order valence-electron chi connectivity index (χ1n) is 10.00. The first kappa shape index (κ1) is 20.7. The summed E-state index contributed by atoms with van der Waals surface area (Å²) in [5.41, 5.74) is 4.73. The van der Waals surface area contributed by atoms with Crippen LogP contribution in [0.4, 0.5) is 0 Å². The fourth-order valence-electron chi connectivity index (χ4n) is 3.15. The van der Waals surface area contributed by atoms with Crippen molar-refractivity contribution in [3.63, 3.8) is 0 Å². The summed E-state index contributed by atoms with van der Waals surface area (Å²) < 4.78 is 12.0. The topological polar surface area (TPSA) is 31.4 Å². The lowest BCUT2D eigenvalue weighted by molar-refractivity contribution is 0.268. The van der Waals surface area contributed by atoms with E-state index >= 15 is 0 Å². The van der Waals surface area contributed by atoms with Crippen LogP contribution in [0.3, 0.4) is 0 Å². The number of hydrogen-bond acceptors (Lipinski definition) is 3. The molecule has 0 amide bonds. The minimum absolute atomic E-state index is 0.391. The van der Waals surface area contributed by atoms with Gasteiger partial charge in [0, 0.05) is 22.2 Å². The number of benzene rings is 3. The molecule has 154 valence electrons. The molecular weight excluding hydrogens is 406 g/mol. The standard InChI is InChI=1S/C27H22ClNO2/c1-2-20-13-15-25(28)24(17-20)23-14-16-26(30-18-21-9-5-3-6-10-21)29-27(23)31-19-22-11-7-4-8-12-22/h2-17H,1,18-19H2. The fourth-order valence-corrected chi connectivity index (χ4v) is 3.37. The van der Waals surface area contributed by atoms with Crippen molar-refractivity contribution in [2.24, 2.45) is 0 Å². The van der Waals surface area contributed by atoms with Crippen molar-refractivity contribution in [2.75, 3.05) is 0 Å². The molecule has 0 fully saturated rings. The fraction of sp³-hybridized carbons (Fsp3) is 0.0741. The van der Waals surface area contributed by atoms with Crippen LogP contribution in [0.15, 0.2) is 97.6 Å². The number of ether oxygens (including phenoxy) is 2. The van der Waals surface area contributed by atoms with Gasteiger partial charge in [-0.1, -0.05) is 91.0 Å². The van der Waals surface area contributed by atoms with Crippen molar-refractivity contribution in [3.8, 4) is 22.9 Å². The Balaban J connectivity index is 1.65. The minimum Gasteiger partial charge on any atom is -0.473 e. The van der Waals surface area contributed by atoms with Crippen LogP contribution in [-0.2, 0) is 13.2 Å². The van der Waals surface area contributed by atoms with E-state index in [-0.39, 0.29) is 0 Å². The molecule has 0 aliphatic heterocycles. The Bertz CT molecular complexity index is 1160. The highest BCUT2D eigenvalue weighted by Crippen LogP contribution is 2.36. The Kier molecular flexibility index (Phi) is 6.65. The van der Waals surface area contributed by atoms with Gasteiger partial charge in [-0.3, -0.25) is 0 Å². The molecule has 4 rings (SSSR count). The van der Waals surface area contributed by atoms with Crippen LogP contribution in [0.25, 0.3) is 17.2 Å². The molecule has 0 unspecified atom stereocenters. The average Bonchev–Trinajstić information content (AvgIpc) is 2.83. The Labute approximate surface area is 187 Å². The van der Waals surface area contributed by atoms with E-state index in [4.69, 9.17) is 21.1 Å². The molecule has 0 saturated carbocycles. The first-order valence-corrected chi connectivity index (χ1v) is 10.4. The molecule has 4 heteroatoms. The zero-order valence-electron chi connectivity index (χ0n) is 17.0. The molecule has 0 radical (unpaired) electrons. The van der Waals surface area contributed by atoms with Gasteiger partial charge in [0.05, 0.1) is 0 Å². The Morgan fingerprint density at radius 2 is 1.39 bits per heavy atom. The van der Waals surface area contributed by atoms with Gasteiger partial charge in [0.25, 0.3) is 0 Å². The number of hydrogen-bond donors (Lipinski definition) is 0. The molecule has 0 atom stereocenters. The third-order valence-corrected chi connectivity index (χ3v) is 5.13. The van der Waals surface area contributed by atoms with Crippen LogP contribution in [0, 0.1) is 0 Å². The normalized spacial score (nSPS) is 10.5. The quantitative estimate of drug-likeness (QED) is 0.298. The van der Waals surface area contributed by atoms with E-state index in [1.54, 1.807) is 6.08 Å². The minimum atomic E-state index is 0.391. The molecule has 4 aromatic rings. The lowest BCUT2D eigenvalue weighted by Gasteiger charge is -2.14. The van der Waals surface area contributed by atoms with E-state index in [1.165, 1.54) is 0 Å². The molecule has 0 saturated heterocycles. The number of rotatable bonds is 8. The number of aromatic nitrogens is 1. The van der Waals surface area contributed by atoms with Crippen LogP contribution in [0.5, 0.6) is 11.8 Å². The molecule has 0 N–H and O–H groups in total. The van der Waals surface area contributed by atoms with E-state index in [0.717, 1.165) is 27.8 Å². The van der Waals surface area contributed by atoms with E-state index in [0.29, 0.717) is 30.0 Å². The third kappa shape index (κ3) is 5.33. The summed E-state index contributed by atoms with van der Waals surface area (Å²) in [6, 6.07) is 29.5. The molecule has 31 heavy (non-hydrogen) atoms. The highest BCUT2D eigenvalue weighted by Gasteiger charge is 2.14. The summed E-state index contributed by atoms with van der Waals surface area (Å²) >= 11 is 6.51. The molecule has 1 aromatic heterocycles. The summed E-state index contributed by atoms with van der Waals surface area (Å²) in [6.07, 6.45) is 1.79. The summed E-state index contributed by atoms with van der Waals surface area (Å²) in [6.45, 7) is 4.67. The van der Waals surface area contributed by atoms with Crippen LogP contribution >= 0.6 is 11.6 Å². The van der Waals surface area contributed by atoms with E-state index in [1.807, 2.05) is 91.0 Å². The van der Waals surface area contributed by atoms with Crippen molar-refractivity contribution < 1.29 is 9.47 Å². The van der Waals surface area contributed by atoms with Crippen LogP contribution in [0.2, 0.25) is 5.02 Å². The summed E-state index contributed by atoms with van der Waals surface area (Å²) in [4.78, 5) is 4.65. The van der Waals surface area contributed by atoms with Crippen LogP contribution < -0.4 is 9.47 Å². The molecule has 3 aromatic carbocycles. The molecule has 1 heterocycles. The highest BCUT2D eigenvalue weighted by atomic mass is 35.5. The second-order valence-corrected chi connectivity index (χ2v) is 7.40. The monoisotopic (exact) mass is 427 g/mol. The van der Waals surface area contributed by atoms with Crippen LogP contribution in [0.1, 0.15) is 16.7 Å². The van der Waals surface area contributed by atoms with Gasteiger partial charge in [-0.25, -0.2) is 0 Å². The van der Waals surface area contributed by atoms with E-state index in [2.05, 4.69) is 11.6 Å². The van der Waals surface area contributed by atoms with Gasteiger partial charge < -0.3 is 9.47 Å². The van der Waals surface area contributed by atoms with Crippen LogP contribution in [-0.4, -0.2) is 4.98 Å². The van der Waals surface area contributed by atoms with Gasteiger partial charge in [-0.05, 0) is 34.9 Å². The van der Waals surface area contributed by atoms with Gasteiger partial charge in [-0.2, -0.15) is 4.98 Å². The Hall–Kier alpha value is -3.56. The second-order valence-electron chi connectivity index (χ2n) is 6.99. The third-order valence-electron chi connectivity index (χ3n) is 4.80. The van der Waals surface area contributed by atoms with Crippen molar-refractivity contribution in [2.45, 2.75) is 13.2 Å². The number of halogens is 1.